The van der Waals surface area contributed by atoms with Crippen molar-refractivity contribution in [2.24, 2.45) is 23.2 Å². The molecule has 2 amide bonds. The Balaban J connectivity index is 1.51. The maximum Gasteiger partial charge on any atom is 0.303 e. The lowest BCUT2D eigenvalue weighted by atomic mass is 9.83. The molecule has 0 bridgehead atoms. The highest BCUT2D eigenvalue weighted by molar-refractivity contribution is 5.80. The first-order valence-electron chi connectivity index (χ1n) is 38.7. The SMILES string of the molecule is CC1C(OCCCCC(=O)CCCCCC(=O)CCOCC(COCCC(=O)CCCCCC(=O)CCCCOC2OC(CO)C(O)C(O)C2C)(COCCC(=O)NCCCNC(=O)CCCCOC2OC(CO)C(O)C(O)C2C)CC(=O)CCCCCCCCCCC(=O)O)OC(CO)C(O)C1O. The molecule has 3 heterocycles. The van der Waals surface area contributed by atoms with E-state index in [1.165, 1.54) is 0 Å². The minimum atomic E-state index is -1.23. The minimum absolute atomic E-state index is 0.00493. The molecule has 29 heteroatoms. The first kappa shape index (κ1) is 94.2. The monoisotopic (exact) mass is 1490 g/mol. The Morgan fingerprint density at radius 1 is 0.327 bits per heavy atom. The van der Waals surface area contributed by atoms with E-state index in [-0.39, 0.29) is 165 Å². The van der Waals surface area contributed by atoms with Crippen LogP contribution in [0.3, 0.4) is 0 Å². The van der Waals surface area contributed by atoms with Gasteiger partial charge in [0.15, 0.2) is 18.9 Å². The molecule has 104 heavy (non-hydrogen) atoms. The van der Waals surface area contributed by atoms with Gasteiger partial charge in [-0.25, -0.2) is 0 Å². The number of unbranched alkanes of at least 4 members (excludes halogenated alkanes) is 14. The Bertz CT molecular complexity index is 2160. The highest BCUT2D eigenvalue weighted by Crippen LogP contribution is 2.31. The van der Waals surface area contributed by atoms with Crippen LogP contribution in [0.15, 0.2) is 0 Å². The molecule has 15 atom stereocenters. The average molecular weight is 1490 g/mol. The molecule has 0 saturated carbocycles. The number of aliphatic hydroxyl groups excluding tert-OH is 9. The van der Waals surface area contributed by atoms with Gasteiger partial charge >= 0.3 is 5.97 Å². The maximum atomic E-state index is 14.0. The first-order chi connectivity index (χ1) is 50.0. The van der Waals surface area contributed by atoms with Crippen molar-refractivity contribution in [3.8, 4) is 0 Å². The quantitative estimate of drug-likeness (QED) is 0.0366. The third-order valence-electron chi connectivity index (χ3n) is 19.6. The van der Waals surface area contributed by atoms with E-state index in [1.807, 2.05) is 0 Å². The number of amides is 2. The summed E-state index contributed by atoms with van der Waals surface area (Å²) >= 11 is 0. The lowest BCUT2D eigenvalue weighted by Gasteiger charge is -2.40. The molecule has 0 aliphatic carbocycles. The number of rotatable bonds is 65. The van der Waals surface area contributed by atoms with Gasteiger partial charge in [-0.15, -0.1) is 0 Å². The van der Waals surface area contributed by atoms with Gasteiger partial charge in [0.2, 0.25) is 11.8 Å². The van der Waals surface area contributed by atoms with Crippen LogP contribution in [-0.4, -0.2) is 264 Å². The highest BCUT2D eigenvalue weighted by atomic mass is 16.7. The van der Waals surface area contributed by atoms with Gasteiger partial charge in [-0.2, -0.15) is 0 Å². The number of hydrogen-bond acceptors (Lipinski definition) is 26. The molecule has 0 aromatic rings. The van der Waals surface area contributed by atoms with Gasteiger partial charge in [-0.05, 0) is 83.5 Å². The summed E-state index contributed by atoms with van der Waals surface area (Å²) in [4.78, 5) is 102. The summed E-state index contributed by atoms with van der Waals surface area (Å²) in [6.45, 7) is 5.01. The van der Waals surface area contributed by atoms with Gasteiger partial charge in [0, 0.05) is 140 Å². The standard InChI is InChI=1S/C75H132N2O27/c1-52-66(90)69(93)60(46-78)102-72(52)99-39-21-18-29-55(81)25-13-10-15-27-57(83)34-42-96-49-75(45-59(85)31-12-8-6-4-5-7-9-17-33-65(88)89,50-97-43-35-58(84)28-16-11-14-26-56(82)30-19-22-40-100-73-53(2)67(91)70(94)61(47-79)103-73)51-98-44-36-64(87)77-38-24-37-76-63(86)32-20-23-41-101-74-54(3)68(92)71(95)62(48-80)104-74/h52-54,60-62,66-74,78-80,90-95H,4-51H2,1-3H3,(H,76,86)(H,77,87)(H,88,89). The molecule has 15 unspecified atom stereocenters. The number of Topliss-reactive ketones (excluding diaryl/α,β-unsaturated/α-hetero) is 5. The normalized spacial score (nSPS) is 25.5. The van der Waals surface area contributed by atoms with Gasteiger partial charge in [0.05, 0.1) is 77.8 Å². The zero-order chi connectivity index (χ0) is 76.5. The van der Waals surface area contributed by atoms with Crippen molar-refractivity contribution in [3.63, 3.8) is 0 Å². The molecule has 0 spiro atoms. The Kier molecular flexibility index (Phi) is 51.0. The Hall–Kier alpha value is -3.96. The van der Waals surface area contributed by atoms with Crippen molar-refractivity contribution in [2.75, 3.05) is 92.4 Å². The summed E-state index contributed by atoms with van der Waals surface area (Å²) in [7, 11) is 0. The molecular formula is C75H132N2O27. The number of carboxylic acids is 1. The summed E-state index contributed by atoms with van der Waals surface area (Å²) in [6, 6.07) is 0. The predicted molar refractivity (Wildman–Crippen MR) is 379 cm³/mol. The average Bonchev–Trinajstić information content (AvgIpc) is 0.829. The van der Waals surface area contributed by atoms with Crippen molar-refractivity contribution in [1.29, 1.82) is 0 Å². The van der Waals surface area contributed by atoms with Crippen LogP contribution in [0.4, 0.5) is 0 Å². The highest BCUT2D eigenvalue weighted by Gasteiger charge is 2.45. The van der Waals surface area contributed by atoms with E-state index in [0.29, 0.717) is 129 Å². The fourth-order valence-corrected chi connectivity index (χ4v) is 12.8. The minimum Gasteiger partial charge on any atom is -0.481 e. The zero-order valence-corrected chi connectivity index (χ0v) is 62.5. The van der Waals surface area contributed by atoms with Crippen LogP contribution in [0.2, 0.25) is 0 Å². The fraction of sp³-hybridized carbons (Fsp3) is 0.893. The third-order valence-corrected chi connectivity index (χ3v) is 19.6. The van der Waals surface area contributed by atoms with Gasteiger partial charge in [0.25, 0.3) is 0 Å². The van der Waals surface area contributed by atoms with Crippen LogP contribution in [0, 0.1) is 23.2 Å². The van der Waals surface area contributed by atoms with E-state index in [0.717, 1.165) is 38.5 Å². The van der Waals surface area contributed by atoms with Gasteiger partial charge in [-0.1, -0.05) is 72.1 Å². The topological polar surface area (TPSA) is 446 Å². The van der Waals surface area contributed by atoms with Crippen molar-refractivity contribution >= 4 is 46.7 Å². The van der Waals surface area contributed by atoms with Crippen molar-refractivity contribution in [2.45, 2.75) is 313 Å². The van der Waals surface area contributed by atoms with Crippen LogP contribution in [-0.2, 0) is 81.0 Å². The Morgan fingerprint density at radius 2 is 0.606 bits per heavy atom. The van der Waals surface area contributed by atoms with E-state index in [1.54, 1.807) is 20.8 Å². The van der Waals surface area contributed by atoms with Crippen molar-refractivity contribution < 1.29 is 132 Å². The van der Waals surface area contributed by atoms with Gasteiger partial charge < -0.3 is 104 Å². The third kappa shape index (κ3) is 39.9. The largest absolute Gasteiger partial charge is 0.481 e. The number of aliphatic carboxylic acids is 1. The number of aliphatic hydroxyl groups is 9. The lowest BCUT2D eigenvalue weighted by molar-refractivity contribution is -0.282. The van der Waals surface area contributed by atoms with E-state index in [9.17, 15) is 84.3 Å². The Morgan fingerprint density at radius 3 is 0.952 bits per heavy atom. The van der Waals surface area contributed by atoms with Crippen LogP contribution in [0.5, 0.6) is 0 Å². The molecule has 3 saturated heterocycles. The molecule has 29 nitrogen and oxygen atoms in total. The predicted octanol–water partition coefficient (Wildman–Crippen LogP) is 4.72. The smallest absolute Gasteiger partial charge is 0.303 e. The summed E-state index contributed by atoms with van der Waals surface area (Å²) in [5.41, 5.74) is -1.07. The van der Waals surface area contributed by atoms with Crippen molar-refractivity contribution in [3.05, 3.63) is 0 Å². The maximum absolute atomic E-state index is 14.0. The molecule has 0 aromatic carbocycles. The number of carbonyl (C=O) groups excluding carboxylic acids is 7. The number of carboxylic acid groups (broad SMARTS) is 1. The fourth-order valence-electron chi connectivity index (χ4n) is 12.8. The summed E-state index contributed by atoms with van der Waals surface area (Å²) < 4.78 is 52.6. The van der Waals surface area contributed by atoms with Crippen molar-refractivity contribution in [1.82, 2.24) is 10.6 Å². The molecule has 3 fully saturated rings. The molecule has 3 rings (SSSR count). The summed E-state index contributed by atoms with van der Waals surface area (Å²) in [6.07, 6.45) is 4.99. The second-order valence-electron chi connectivity index (χ2n) is 28.9. The van der Waals surface area contributed by atoms with Crippen LogP contribution in [0.25, 0.3) is 0 Å². The summed E-state index contributed by atoms with van der Waals surface area (Å²) in [5.74, 6) is -2.71. The zero-order valence-electron chi connectivity index (χ0n) is 62.5. The number of hydrogen-bond donors (Lipinski definition) is 12. The molecule has 0 radical (unpaired) electrons. The van der Waals surface area contributed by atoms with Crippen LogP contribution in [0.1, 0.15) is 239 Å². The van der Waals surface area contributed by atoms with E-state index < -0.39 is 123 Å². The van der Waals surface area contributed by atoms with E-state index in [4.69, 9.17) is 47.7 Å². The first-order valence-corrected chi connectivity index (χ1v) is 38.7. The number of ketones is 5. The molecule has 3 aliphatic rings. The van der Waals surface area contributed by atoms with E-state index >= 15 is 0 Å². The van der Waals surface area contributed by atoms with Gasteiger partial charge in [0.1, 0.15) is 65.5 Å². The van der Waals surface area contributed by atoms with Crippen LogP contribution < -0.4 is 10.6 Å². The number of carbonyl (C=O) groups is 8. The second kappa shape index (κ2) is 56.3. The summed E-state index contributed by atoms with van der Waals surface area (Å²) in [5, 5.41) is 104. The van der Waals surface area contributed by atoms with Gasteiger partial charge in [-0.3, -0.25) is 38.4 Å². The molecule has 0 aromatic heterocycles. The molecule has 12 N–H and O–H groups in total. The molecular weight excluding hydrogens is 1360 g/mol. The van der Waals surface area contributed by atoms with Crippen LogP contribution >= 0.6 is 0 Å². The molecule has 3 aliphatic heterocycles. The lowest BCUT2D eigenvalue weighted by Crippen LogP contribution is -2.55. The van der Waals surface area contributed by atoms with E-state index in [2.05, 4.69) is 10.6 Å². The number of nitrogens with one attached hydrogen (secondary N) is 2. The number of ether oxygens (including phenoxy) is 9. The second-order valence-corrected chi connectivity index (χ2v) is 28.9. The Labute approximate surface area is 615 Å². The molecule has 604 valence electrons.